The minimum atomic E-state index is 0.0318. The number of hydrogen-bond donors (Lipinski definition) is 2. The van der Waals surface area contributed by atoms with Crippen LogP contribution in [0.15, 0.2) is 18.2 Å². The first-order valence-corrected chi connectivity index (χ1v) is 9.47. The number of amides is 1. The average molecular weight is 346 g/mol. The van der Waals surface area contributed by atoms with E-state index in [0.29, 0.717) is 25.0 Å². The van der Waals surface area contributed by atoms with Gasteiger partial charge in [-0.2, -0.15) is 0 Å². The number of carbonyl (C=O) groups is 1. The number of fused-ring (bicyclic) bond motifs is 2. The fourth-order valence-electron chi connectivity index (χ4n) is 4.49. The Morgan fingerprint density at radius 3 is 2.76 bits per heavy atom. The Labute approximate surface area is 150 Å². The predicted octanol–water partition coefficient (Wildman–Crippen LogP) is 2.52. The van der Waals surface area contributed by atoms with Crippen LogP contribution in [0.25, 0.3) is 0 Å². The second-order valence-corrected chi connectivity index (χ2v) is 7.25. The number of nitrogens with one attached hydrogen (secondary N) is 1. The van der Waals surface area contributed by atoms with Gasteiger partial charge < -0.3 is 20.5 Å². The first-order chi connectivity index (χ1) is 12.1. The zero-order valence-corrected chi connectivity index (χ0v) is 15.3. The topological polar surface area (TPSA) is 73.6 Å². The summed E-state index contributed by atoms with van der Waals surface area (Å²) in [5.74, 6) is 2.80. The zero-order valence-electron chi connectivity index (χ0n) is 15.3. The monoisotopic (exact) mass is 346 g/mol. The molecule has 2 bridgehead atoms. The van der Waals surface area contributed by atoms with Crippen LogP contribution in [-0.2, 0) is 11.2 Å². The molecule has 3 rings (SSSR count). The highest BCUT2D eigenvalue weighted by Crippen LogP contribution is 2.47. The summed E-state index contributed by atoms with van der Waals surface area (Å²) in [5.41, 5.74) is 7.44. The number of hydrogen-bond acceptors (Lipinski definition) is 4. The van der Waals surface area contributed by atoms with E-state index in [1.54, 1.807) is 7.11 Å². The van der Waals surface area contributed by atoms with Crippen LogP contribution in [0.5, 0.6) is 11.5 Å². The van der Waals surface area contributed by atoms with E-state index in [1.165, 1.54) is 18.4 Å². The first kappa shape index (κ1) is 18.1. The number of ether oxygens (including phenoxy) is 2. The Morgan fingerprint density at radius 1 is 1.28 bits per heavy atom. The van der Waals surface area contributed by atoms with Gasteiger partial charge in [0.2, 0.25) is 5.91 Å². The Hall–Kier alpha value is -1.75. The molecule has 2 aliphatic carbocycles. The zero-order chi connectivity index (χ0) is 17.8. The molecule has 2 aliphatic rings. The molecule has 1 aromatic rings. The van der Waals surface area contributed by atoms with Crippen molar-refractivity contribution in [3.63, 3.8) is 0 Å². The lowest BCUT2D eigenvalue weighted by Gasteiger charge is -2.27. The van der Waals surface area contributed by atoms with Gasteiger partial charge in [-0.1, -0.05) is 6.07 Å². The third-order valence-corrected chi connectivity index (χ3v) is 5.75. The van der Waals surface area contributed by atoms with E-state index < -0.39 is 0 Å². The number of nitrogens with two attached hydrogens (primary N) is 1. The van der Waals surface area contributed by atoms with Crippen LogP contribution in [0.2, 0.25) is 0 Å². The normalized spacial score (nSPS) is 27.3. The maximum absolute atomic E-state index is 12.5. The lowest BCUT2D eigenvalue weighted by molar-refractivity contribution is -0.127. The summed E-state index contributed by atoms with van der Waals surface area (Å²) in [6.45, 7) is 3.26. The molecule has 1 aromatic carbocycles. The highest BCUT2D eigenvalue weighted by molar-refractivity contribution is 5.80. The molecule has 4 unspecified atom stereocenters. The SMILES string of the molecule is CCOc1cc(CCCNC(=O)C2C3CCC(C3)C2N)ccc1OC. The standard InChI is InChI=1S/C20H30N2O3/c1-3-25-17-11-13(6-9-16(17)24-2)5-4-10-22-20(23)18-14-7-8-15(12-14)19(18)21/h6,9,11,14-15,18-19H,3-5,7-8,10,12,21H2,1-2H3,(H,22,23). The summed E-state index contributed by atoms with van der Waals surface area (Å²) in [6, 6.07) is 6.08. The van der Waals surface area contributed by atoms with Gasteiger partial charge in [-0.3, -0.25) is 4.79 Å². The second-order valence-electron chi connectivity index (χ2n) is 7.25. The van der Waals surface area contributed by atoms with Crippen molar-refractivity contribution in [2.75, 3.05) is 20.3 Å². The summed E-state index contributed by atoms with van der Waals surface area (Å²) in [6.07, 6.45) is 5.32. The lowest BCUT2D eigenvalue weighted by atomic mass is 9.84. The smallest absolute Gasteiger partial charge is 0.224 e. The van der Waals surface area contributed by atoms with Crippen molar-refractivity contribution in [1.29, 1.82) is 0 Å². The van der Waals surface area contributed by atoms with Gasteiger partial charge in [-0.05, 0) is 68.6 Å². The molecule has 0 saturated heterocycles. The third-order valence-electron chi connectivity index (χ3n) is 5.75. The molecule has 2 fully saturated rings. The second kappa shape index (κ2) is 8.09. The van der Waals surface area contributed by atoms with Crippen molar-refractivity contribution >= 4 is 5.91 Å². The minimum absolute atomic E-state index is 0.0318. The maximum Gasteiger partial charge on any atom is 0.224 e. The Bertz CT molecular complexity index is 603. The van der Waals surface area contributed by atoms with Gasteiger partial charge in [0, 0.05) is 12.6 Å². The molecular formula is C20H30N2O3. The van der Waals surface area contributed by atoms with Crippen molar-refractivity contribution in [3.05, 3.63) is 23.8 Å². The van der Waals surface area contributed by atoms with Crippen LogP contribution >= 0.6 is 0 Å². The quantitative estimate of drug-likeness (QED) is 0.710. The molecule has 3 N–H and O–H groups in total. The van der Waals surface area contributed by atoms with Gasteiger partial charge in [-0.15, -0.1) is 0 Å². The van der Waals surface area contributed by atoms with E-state index in [1.807, 2.05) is 19.1 Å². The molecule has 25 heavy (non-hydrogen) atoms. The highest BCUT2D eigenvalue weighted by atomic mass is 16.5. The molecule has 0 radical (unpaired) electrons. The number of aryl methyl sites for hydroxylation is 1. The number of benzene rings is 1. The van der Waals surface area contributed by atoms with Gasteiger partial charge in [0.25, 0.3) is 0 Å². The van der Waals surface area contributed by atoms with Gasteiger partial charge in [-0.25, -0.2) is 0 Å². The summed E-state index contributed by atoms with van der Waals surface area (Å²) >= 11 is 0. The molecule has 5 heteroatoms. The summed E-state index contributed by atoms with van der Waals surface area (Å²) in [5, 5.41) is 3.10. The number of carbonyl (C=O) groups excluding carboxylic acids is 1. The molecule has 0 heterocycles. The van der Waals surface area contributed by atoms with Crippen LogP contribution in [0, 0.1) is 17.8 Å². The summed E-state index contributed by atoms with van der Waals surface area (Å²) < 4.78 is 10.9. The average Bonchev–Trinajstić information content (AvgIpc) is 3.20. The van der Waals surface area contributed by atoms with E-state index in [0.717, 1.165) is 30.8 Å². The lowest BCUT2D eigenvalue weighted by Crippen LogP contribution is -2.45. The van der Waals surface area contributed by atoms with E-state index in [2.05, 4.69) is 11.4 Å². The fraction of sp³-hybridized carbons (Fsp3) is 0.650. The predicted molar refractivity (Wildman–Crippen MR) is 97.8 cm³/mol. The van der Waals surface area contributed by atoms with Gasteiger partial charge in [0.15, 0.2) is 11.5 Å². The Morgan fingerprint density at radius 2 is 2.08 bits per heavy atom. The molecule has 138 valence electrons. The Balaban J connectivity index is 1.45. The third kappa shape index (κ3) is 3.92. The van der Waals surface area contributed by atoms with E-state index in [9.17, 15) is 4.79 Å². The van der Waals surface area contributed by atoms with Crippen LogP contribution in [-0.4, -0.2) is 32.2 Å². The fourth-order valence-corrected chi connectivity index (χ4v) is 4.49. The summed E-state index contributed by atoms with van der Waals surface area (Å²) in [4.78, 5) is 12.5. The first-order valence-electron chi connectivity index (χ1n) is 9.47. The molecule has 0 aromatic heterocycles. The van der Waals surface area contributed by atoms with Crippen LogP contribution in [0.3, 0.4) is 0 Å². The highest BCUT2D eigenvalue weighted by Gasteiger charge is 2.48. The molecule has 1 amide bonds. The van der Waals surface area contributed by atoms with E-state index >= 15 is 0 Å². The van der Waals surface area contributed by atoms with E-state index in [-0.39, 0.29) is 17.9 Å². The van der Waals surface area contributed by atoms with Crippen LogP contribution < -0.4 is 20.5 Å². The molecule has 0 aliphatic heterocycles. The molecule has 2 saturated carbocycles. The number of rotatable bonds is 8. The van der Waals surface area contributed by atoms with Gasteiger partial charge >= 0.3 is 0 Å². The van der Waals surface area contributed by atoms with Crippen molar-refractivity contribution in [2.24, 2.45) is 23.5 Å². The van der Waals surface area contributed by atoms with Crippen LogP contribution in [0.1, 0.15) is 38.2 Å². The van der Waals surface area contributed by atoms with Crippen LogP contribution in [0.4, 0.5) is 0 Å². The number of methoxy groups -OCH3 is 1. The van der Waals surface area contributed by atoms with Crippen molar-refractivity contribution in [3.8, 4) is 11.5 Å². The largest absolute Gasteiger partial charge is 0.493 e. The van der Waals surface area contributed by atoms with Crippen molar-refractivity contribution < 1.29 is 14.3 Å². The molecule has 5 nitrogen and oxygen atoms in total. The molecule has 4 atom stereocenters. The molecular weight excluding hydrogens is 316 g/mol. The minimum Gasteiger partial charge on any atom is -0.493 e. The van der Waals surface area contributed by atoms with E-state index in [4.69, 9.17) is 15.2 Å². The van der Waals surface area contributed by atoms with Gasteiger partial charge in [0.05, 0.1) is 19.6 Å². The summed E-state index contributed by atoms with van der Waals surface area (Å²) in [7, 11) is 1.65. The maximum atomic E-state index is 12.5. The molecule has 0 spiro atoms. The van der Waals surface area contributed by atoms with Gasteiger partial charge in [0.1, 0.15) is 0 Å². The Kier molecular flexibility index (Phi) is 5.84. The van der Waals surface area contributed by atoms with Crippen molar-refractivity contribution in [1.82, 2.24) is 5.32 Å². The van der Waals surface area contributed by atoms with Crippen molar-refractivity contribution in [2.45, 2.75) is 45.1 Å².